The summed E-state index contributed by atoms with van der Waals surface area (Å²) in [6.45, 7) is 5.60. The van der Waals surface area contributed by atoms with Crippen LogP contribution in [0.2, 0.25) is 0 Å². The minimum Gasteiger partial charge on any atom is -0.495 e. The van der Waals surface area contributed by atoms with E-state index in [1.807, 2.05) is 29.2 Å². The van der Waals surface area contributed by atoms with Crippen LogP contribution < -0.4 is 15.4 Å². The van der Waals surface area contributed by atoms with E-state index in [4.69, 9.17) is 14.2 Å². The van der Waals surface area contributed by atoms with Crippen LogP contribution in [0.1, 0.15) is 69.8 Å². The molecule has 11 nitrogen and oxygen atoms in total. The van der Waals surface area contributed by atoms with Crippen LogP contribution in [0.3, 0.4) is 0 Å². The van der Waals surface area contributed by atoms with Gasteiger partial charge in [-0.1, -0.05) is 37.2 Å². The predicted molar refractivity (Wildman–Crippen MR) is 177 cm³/mol. The first kappa shape index (κ1) is 31.2. The number of nitrogens with one attached hydrogen (secondary N) is 2. The number of nitrogens with zero attached hydrogens (tertiary/aromatic N) is 5. The van der Waals surface area contributed by atoms with Gasteiger partial charge in [-0.3, -0.25) is 9.59 Å². The average molecular weight is 624 g/mol. The standard InChI is InChI=1S/C35H41N7O4/c1-6-21-9-8-10-22(7-2)29(21)38-33(43)31-26-13-11-24-20-36-35(39-30(24)32(26)46-40-31)37-27-14-12-23(19-28(27)45-5)34(44)42-17-15-25(16-18-42)41(3)4/h8-10,12,14,19-20,25H,6-7,11,13,15-18H2,1-5H3,(H,38,43)(H,36,37,39). The second-order valence-electron chi connectivity index (χ2n) is 12.0. The normalized spacial score (nSPS) is 14.5. The fraction of sp³-hybridized carbons (Fsp3) is 0.400. The lowest BCUT2D eigenvalue weighted by Crippen LogP contribution is -2.44. The highest BCUT2D eigenvalue weighted by Crippen LogP contribution is 2.36. The number of carbonyl (C=O) groups is 2. The molecular formula is C35H41N7O4. The zero-order valence-electron chi connectivity index (χ0n) is 27.1. The minimum atomic E-state index is -0.294. The van der Waals surface area contributed by atoms with Crippen molar-refractivity contribution in [1.29, 1.82) is 0 Å². The van der Waals surface area contributed by atoms with E-state index in [1.54, 1.807) is 25.4 Å². The van der Waals surface area contributed by atoms with Crippen LogP contribution in [0, 0.1) is 0 Å². The summed E-state index contributed by atoms with van der Waals surface area (Å²) in [4.78, 5) is 40.2. The Kier molecular flexibility index (Phi) is 9.03. The van der Waals surface area contributed by atoms with Gasteiger partial charge in [0.1, 0.15) is 11.4 Å². The highest BCUT2D eigenvalue weighted by atomic mass is 16.5. The van der Waals surface area contributed by atoms with Gasteiger partial charge in [-0.2, -0.15) is 0 Å². The zero-order valence-corrected chi connectivity index (χ0v) is 27.1. The Bertz CT molecular complexity index is 1740. The molecule has 1 aliphatic carbocycles. The molecule has 1 fully saturated rings. The third-order valence-electron chi connectivity index (χ3n) is 9.14. The molecule has 1 aliphatic heterocycles. The van der Waals surface area contributed by atoms with E-state index >= 15 is 0 Å². The van der Waals surface area contributed by atoms with Crippen molar-refractivity contribution in [2.45, 2.75) is 58.4 Å². The summed E-state index contributed by atoms with van der Waals surface area (Å²) in [6, 6.07) is 11.9. The van der Waals surface area contributed by atoms with E-state index in [0.717, 1.165) is 66.7 Å². The maximum Gasteiger partial charge on any atom is 0.278 e. The van der Waals surface area contributed by atoms with Crippen LogP contribution in [0.4, 0.5) is 17.3 Å². The number of likely N-dealkylation sites (tertiary alicyclic amines) is 1. The number of methoxy groups -OCH3 is 1. The van der Waals surface area contributed by atoms with Crippen molar-refractivity contribution in [3.63, 3.8) is 0 Å². The number of ether oxygens (including phenoxy) is 1. The number of fused-ring (bicyclic) bond motifs is 3. The minimum absolute atomic E-state index is 0.00567. The van der Waals surface area contributed by atoms with Crippen molar-refractivity contribution in [2.24, 2.45) is 0 Å². The molecular weight excluding hydrogens is 582 g/mol. The fourth-order valence-electron chi connectivity index (χ4n) is 6.40. The summed E-state index contributed by atoms with van der Waals surface area (Å²) in [5.41, 5.74) is 6.72. The Morgan fingerprint density at radius 1 is 1.07 bits per heavy atom. The SMILES string of the molecule is CCc1cccc(CC)c1NC(=O)c1noc2c1CCc1cnc(Nc3ccc(C(=O)N4CCC(N(C)C)CC4)cc3OC)nc1-2. The smallest absolute Gasteiger partial charge is 0.278 e. The van der Waals surface area contributed by atoms with Gasteiger partial charge in [-0.15, -0.1) is 0 Å². The Hall–Kier alpha value is -4.77. The number of benzene rings is 2. The van der Waals surface area contributed by atoms with E-state index in [-0.39, 0.29) is 17.5 Å². The van der Waals surface area contributed by atoms with Gasteiger partial charge in [0.2, 0.25) is 5.95 Å². The predicted octanol–water partition coefficient (Wildman–Crippen LogP) is 5.53. The zero-order chi connectivity index (χ0) is 32.4. The Balaban J connectivity index is 1.20. The summed E-state index contributed by atoms with van der Waals surface area (Å²) in [5.74, 6) is 1.02. The molecule has 2 aromatic carbocycles. The summed E-state index contributed by atoms with van der Waals surface area (Å²) in [5, 5.41) is 10.5. The van der Waals surface area contributed by atoms with Gasteiger partial charge < -0.3 is 29.7 Å². The second kappa shape index (κ2) is 13.3. The topological polar surface area (TPSA) is 126 Å². The monoisotopic (exact) mass is 623 g/mol. The molecule has 0 bridgehead atoms. The first-order valence-corrected chi connectivity index (χ1v) is 16.0. The van der Waals surface area contributed by atoms with Crippen LogP contribution >= 0.6 is 0 Å². The molecule has 0 unspecified atom stereocenters. The number of hydrogen-bond acceptors (Lipinski definition) is 9. The maximum absolute atomic E-state index is 13.5. The molecule has 0 atom stereocenters. The molecule has 2 aliphatic rings. The highest BCUT2D eigenvalue weighted by Gasteiger charge is 2.30. The van der Waals surface area contributed by atoms with Crippen molar-refractivity contribution in [2.75, 3.05) is 44.9 Å². The van der Waals surface area contributed by atoms with Crippen molar-refractivity contribution < 1.29 is 18.8 Å². The van der Waals surface area contributed by atoms with Gasteiger partial charge >= 0.3 is 0 Å². The molecule has 240 valence electrons. The molecule has 11 heteroatoms. The summed E-state index contributed by atoms with van der Waals surface area (Å²) in [7, 11) is 5.74. The summed E-state index contributed by atoms with van der Waals surface area (Å²) in [6.07, 6.45) is 6.54. The third-order valence-corrected chi connectivity index (χ3v) is 9.14. The lowest BCUT2D eigenvalue weighted by atomic mass is 9.93. The van der Waals surface area contributed by atoms with Crippen LogP contribution in [0.25, 0.3) is 11.5 Å². The van der Waals surface area contributed by atoms with E-state index in [1.165, 1.54) is 0 Å². The van der Waals surface area contributed by atoms with Crippen LogP contribution in [0.5, 0.6) is 5.75 Å². The maximum atomic E-state index is 13.5. The largest absolute Gasteiger partial charge is 0.495 e. The third kappa shape index (κ3) is 6.06. The molecule has 2 aromatic heterocycles. The first-order valence-electron chi connectivity index (χ1n) is 16.0. The Labute approximate surface area is 269 Å². The number of aromatic nitrogens is 3. The molecule has 2 N–H and O–H groups in total. The average Bonchev–Trinajstić information content (AvgIpc) is 3.53. The van der Waals surface area contributed by atoms with Crippen molar-refractivity contribution in [1.82, 2.24) is 24.9 Å². The van der Waals surface area contributed by atoms with Gasteiger partial charge in [0.15, 0.2) is 11.5 Å². The second-order valence-corrected chi connectivity index (χ2v) is 12.0. The van der Waals surface area contributed by atoms with Crippen molar-refractivity contribution >= 4 is 29.1 Å². The molecule has 6 rings (SSSR count). The molecule has 3 heterocycles. The van der Waals surface area contributed by atoms with Gasteiger partial charge in [0, 0.05) is 47.7 Å². The number of anilines is 3. The molecule has 46 heavy (non-hydrogen) atoms. The molecule has 2 amide bonds. The van der Waals surface area contributed by atoms with E-state index in [9.17, 15) is 9.59 Å². The number of para-hydroxylation sites is 1. The van der Waals surface area contributed by atoms with Gasteiger partial charge in [0.05, 0.1) is 12.8 Å². The van der Waals surface area contributed by atoms with Crippen molar-refractivity contribution in [3.05, 3.63) is 76.1 Å². The first-order chi connectivity index (χ1) is 22.3. The fourth-order valence-corrected chi connectivity index (χ4v) is 6.40. The quantitative estimate of drug-likeness (QED) is 0.248. The molecule has 1 saturated heterocycles. The number of amides is 2. The lowest BCUT2D eigenvalue weighted by Gasteiger charge is -2.35. The molecule has 0 spiro atoms. The number of rotatable bonds is 9. The Morgan fingerprint density at radius 2 is 1.80 bits per heavy atom. The Morgan fingerprint density at radius 3 is 2.48 bits per heavy atom. The van der Waals surface area contributed by atoms with Crippen LogP contribution in [-0.4, -0.2) is 77.1 Å². The number of carbonyl (C=O) groups excluding carboxylic acids is 2. The van der Waals surface area contributed by atoms with Gasteiger partial charge in [0.25, 0.3) is 11.8 Å². The highest BCUT2D eigenvalue weighted by molar-refractivity contribution is 6.05. The molecule has 0 saturated carbocycles. The molecule has 4 aromatic rings. The summed E-state index contributed by atoms with van der Waals surface area (Å²) >= 11 is 0. The summed E-state index contributed by atoms with van der Waals surface area (Å²) < 4.78 is 11.4. The number of piperidine rings is 1. The van der Waals surface area contributed by atoms with Crippen LogP contribution in [0.15, 0.2) is 47.1 Å². The van der Waals surface area contributed by atoms with Gasteiger partial charge in [-0.05, 0) is 81.9 Å². The molecule has 0 radical (unpaired) electrons. The van der Waals surface area contributed by atoms with Crippen molar-refractivity contribution in [3.8, 4) is 17.2 Å². The lowest BCUT2D eigenvalue weighted by molar-refractivity contribution is 0.0663. The van der Waals surface area contributed by atoms with E-state index in [2.05, 4.69) is 53.6 Å². The number of aryl methyl sites for hydroxylation is 3. The van der Waals surface area contributed by atoms with E-state index in [0.29, 0.717) is 53.3 Å². The van der Waals surface area contributed by atoms with Gasteiger partial charge in [-0.25, -0.2) is 9.97 Å². The number of hydrogen-bond donors (Lipinski definition) is 2. The van der Waals surface area contributed by atoms with E-state index < -0.39 is 0 Å². The van der Waals surface area contributed by atoms with Crippen LogP contribution in [-0.2, 0) is 25.7 Å².